The second-order valence-corrected chi connectivity index (χ2v) is 6.80. The number of nitrogen functional groups attached to an aromatic ring is 1. The Morgan fingerprint density at radius 2 is 2.19 bits per heavy atom. The van der Waals surface area contributed by atoms with Crippen LogP contribution in [0, 0.1) is 11.3 Å². The predicted molar refractivity (Wildman–Crippen MR) is 80.0 cm³/mol. The molecule has 0 amide bonds. The summed E-state index contributed by atoms with van der Waals surface area (Å²) in [6, 6.07) is 7.54. The molecular weight excluding hydrogens is 310 g/mol. The number of nitrogens with two attached hydrogens (primary N) is 1. The lowest BCUT2D eigenvalue weighted by Crippen LogP contribution is -2.29. The third-order valence-electron chi connectivity index (χ3n) is 2.82. The van der Waals surface area contributed by atoms with Crippen LogP contribution < -0.4 is 10.5 Å². The van der Waals surface area contributed by atoms with Crippen molar-refractivity contribution < 1.29 is 13.5 Å². The molecule has 0 aliphatic heterocycles. The van der Waals surface area contributed by atoms with Crippen LogP contribution in [0.2, 0.25) is 0 Å². The van der Waals surface area contributed by atoms with Gasteiger partial charge in [-0.15, -0.1) is 0 Å². The van der Waals surface area contributed by atoms with E-state index in [1.54, 1.807) is 16.8 Å². The number of aliphatic hydroxyl groups excluding tert-OH is 1. The highest BCUT2D eigenvalue weighted by atomic mass is 32.2. The molecule has 21 heavy (non-hydrogen) atoms. The van der Waals surface area contributed by atoms with Crippen molar-refractivity contribution in [1.29, 1.82) is 5.26 Å². The second-order valence-electron chi connectivity index (χ2n) is 4.29. The predicted octanol–water partition coefficient (Wildman–Crippen LogP) is 1.21. The lowest BCUT2D eigenvalue weighted by Gasteiger charge is -2.12. The lowest BCUT2D eigenvalue weighted by molar-refractivity contribution is 0.182. The number of rotatable bonds is 5. The highest BCUT2D eigenvalue weighted by Crippen LogP contribution is 2.20. The van der Waals surface area contributed by atoms with Gasteiger partial charge < -0.3 is 10.8 Å². The van der Waals surface area contributed by atoms with Gasteiger partial charge in [0.1, 0.15) is 4.90 Å². The highest BCUT2D eigenvalue weighted by molar-refractivity contribution is 7.89. The van der Waals surface area contributed by atoms with Gasteiger partial charge in [0.25, 0.3) is 0 Å². The van der Waals surface area contributed by atoms with Crippen LogP contribution in [-0.2, 0) is 10.0 Å². The topological polar surface area (TPSA) is 116 Å². The van der Waals surface area contributed by atoms with Gasteiger partial charge in [0.05, 0.1) is 23.4 Å². The van der Waals surface area contributed by atoms with Gasteiger partial charge in [0.2, 0.25) is 10.0 Å². The summed E-state index contributed by atoms with van der Waals surface area (Å²) in [6.45, 7) is -0.154. The Bertz CT molecular complexity index is 764. The highest BCUT2D eigenvalue weighted by Gasteiger charge is 2.19. The zero-order valence-corrected chi connectivity index (χ0v) is 12.5. The van der Waals surface area contributed by atoms with Crippen LogP contribution in [0.25, 0.3) is 0 Å². The Balaban J connectivity index is 2.14. The van der Waals surface area contributed by atoms with Gasteiger partial charge in [0.15, 0.2) is 0 Å². The van der Waals surface area contributed by atoms with E-state index in [-0.39, 0.29) is 22.7 Å². The summed E-state index contributed by atoms with van der Waals surface area (Å²) in [5, 5.41) is 22.2. The largest absolute Gasteiger partial charge is 0.398 e. The minimum atomic E-state index is -3.84. The summed E-state index contributed by atoms with van der Waals surface area (Å²) < 4.78 is 26.6. The van der Waals surface area contributed by atoms with Gasteiger partial charge in [-0.3, -0.25) is 0 Å². The SMILES string of the molecule is N#Cc1ccc(S(=O)(=O)NCC(O)c2ccsc2)c(N)c1. The Morgan fingerprint density at radius 1 is 1.43 bits per heavy atom. The van der Waals surface area contributed by atoms with Crippen molar-refractivity contribution in [1.82, 2.24) is 4.72 Å². The monoisotopic (exact) mass is 323 g/mol. The quantitative estimate of drug-likeness (QED) is 0.715. The smallest absolute Gasteiger partial charge is 0.242 e. The van der Waals surface area contributed by atoms with E-state index < -0.39 is 16.1 Å². The van der Waals surface area contributed by atoms with E-state index in [1.807, 2.05) is 6.07 Å². The molecule has 1 heterocycles. The second kappa shape index (κ2) is 6.24. The molecule has 2 rings (SSSR count). The van der Waals surface area contributed by atoms with E-state index >= 15 is 0 Å². The van der Waals surface area contributed by atoms with Crippen molar-refractivity contribution in [2.45, 2.75) is 11.0 Å². The summed E-state index contributed by atoms with van der Waals surface area (Å²) in [7, 11) is -3.84. The van der Waals surface area contributed by atoms with E-state index in [1.165, 1.54) is 29.5 Å². The molecule has 6 nitrogen and oxygen atoms in total. The van der Waals surface area contributed by atoms with E-state index in [9.17, 15) is 13.5 Å². The van der Waals surface area contributed by atoms with E-state index in [0.717, 1.165) is 0 Å². The number of nitrogens with zero attached hydrogens (tertiary/aromatic N) is 1. The number of benzene rings is 1. The fraction of sp³-hybridized carbons (Fsp3) is 0.154. The molecule has 0 bridgehead atoms. The molecule has 4 N–H and O–H groups in total. The summed E-state index contributed by atoms with van der Waals surface area (Å²) in [6.07, 6.45) is -0.925. The first-order valence-corrected chi connectivity index (χ1v) is 8.36. The average molecular weight is 323 g/mol. The molecule has 0 spiro atoms. The van der Waals surface area contributed by atoms with Crippen molar-refractivity contribution >= 4 is 27.0 Å². The zero-order chi connectivity index (χ0) is 15.5. The Labute approximate surface area is 126 Å². The van der Waals surface area contributed by atoms with Gasteiger partial charge in [-0.25, -0.2) is 13.1 Å². The molecular formula is C13H13N3O3S2. The number of aliphatic hydroxyl groups is 1. The number of thiophene rings is 1. The van der Waals surface area contributed by atoms with Gasteiger partial charge >= 0.3 is 0 Å². The van der Waals surface area contributed by atoms with Crippen molar-refractivity contribution in [2.24, 2.45) is 0 Å². The first-order chi connectivity index (χ1) is 9.94. The normalized spacial score (nSPS) is 12.8. The van der Waals surface area contributed by atoms with Crippen LogP contribution in [0.3, 0.4) is 0 Å². The van der Waals surface area contributed by atoms with Crippen LogP contribution in [-0.4, -0.2) is 20.1 Å². The maximum atomic E-state index is 12.1. The summed E-state index contributed by atoms with van der Waals surface area (Å²) >= 11 is 1.42. The maximum Gasteiger partial charge on any atom is 0.242 e. The number of hydrogen-bond donors (Lipinski definition) is 3. The van der Waals surface area contributed by atoms with Crippen LogP contribution in [0.5, 0.6) is 0 Å². The molecule has 1 aromatic heterocycles. The number of hydrogen-bond acceptors (Lipinski definition) is 6. The van der Waals surface area contributed by atoms with Crippen molar-refractivity contribution in [3.63, 3.8) is 0 Å². The first kappa shape index (κ1) is 15.5. The minimum Gasteiger partial charge on any atom is -0.398 e. The van der Waals surface area contributed by atoms with Crippen LogP contribution >= 0.6 is 11.3 Å². The van der Waals surface area contributed by atoms with Crippen LogP contribution in [0.15, 0.2) is 39.9 Å². The van der Waals surface area contributed by atoms with Crippen LogP contribution in [0.1, 0.15) is 17.2 Å². The molecule has 0 saturated carbocycles. The molecule has 8 heteroatoms. The van der Waals surface area contributed by atoms with Gasteiger partial charge in [0, 0.05) is 6.54 Å². The van der Waals surface area contributed by atoms with Gasteiger partial charge in [-0.05, 0) is 40.6 Å². The Morgan fingerprint density at radius 3 is 2.76 bits per heavy atom. The van der Waals surface area contributed by atoms with Gasteiger partial charge in [-0.1, -0.05) is 0 Å². The standard InChI is InChI=1S/C13H13N3O3S2/c14-6-9-1-2-13(11(15)5-9)21(18,19)16-7-12(17)10-3-4-20-8-10/h1-5,8,12,16-17H,7,15H2. The fourth-order valence-corrected chi connectivity index (χ4v) is 3.57. The summed E-state index contributed by atoms with van der Waals surface area (Å²) in [5.74, 6) is 0. The maximum absolute atomic E-state index is 12.1. The van der Waals surface area contributed by atoms with E-state index in [4.69, 9.17) is 11.0 Å². The molecule has 110 valence electrons. The Hall–Kier alpha value is -1.92. The molecule has 0 radical (unpaired) electrons. The molecule has 1 aromatic carbocycles. The molecule has 1 atom stereocenters. The lowest BCUT2D eigenvalue weighted by atomic mass is 10.2. The minimum absolute atomic E-state index is 0.00780. The van der Waals surface area contributed by atoms with E-state index in [2.05, 4.69) is 4.72 Å². The molecule has 0 aliphatic rings. The molecule has 1 unspecified atom stereocenters. The van der Waals surface area contributed by atoms with Crippen molar-refractivity contribution in [3.05, 3.63) is 46.2 Å². The fourth-order valence-electron chi connectivity index (χ4n) is 1.71. The first-order valence-electron chi connectivity index (χ1n) is 5.93. The third kappa shape index (κ3) is 3.59. The van der Waals surface area contributed by atoms with Crippen molar-refractivity contribution in [2.75, 3.05) is 12.3 Å². The van der Waals surface area contributed by atoms with Crippen molar-refractivity contribution in [3.8, 4) is 6.07 Å². The van der Waals surface area contributed by atoms with E-state index in [0.29, 0.717) is 5.56 Å². The molecule has 2 aromatic rings. The molecule has 0 fully saturated rings. The number of nitriles is 1. The average Bonchev–Trinajstić information content (AvgIpc) is 2.98. The third-order valence-corrected chi connectivity index (χ3v) is 5.02. The Kier molecular flexibility index (Phi) is 4.59. The molecule has 0 saturated heterocycles. The summed E-state index contributed by atoms with van der Waals surface area (Å²) in [4.78, 5) is -0.112. The summed E-state index contributed by atoms with van der Waals surface area (Å²) in [5.41, 5.74) is 6.58. The zero-order valence-electron chi connectivity index (χ0n) is 10.9. The van der Waals surface area contributed by atoms with Crippen LogP contribution in [0.4, 0.5) is 5.69 Å². The number of sulfonamides is 1. The number of anilines is 1. The van der Waals surface area contributed by atoms with Gasteiger partial charge in [-0.2, -0.15) is 16.6 Å². The number of nitrogens with one attached hydrogen (secondary N) is 1. The molecule has 0 aliphatic carbocycles.